The van der Waals surface area contributed by atoms with E-state index in [1.807, 2.05) is 6.20 Å². The fourth-order valence-electron chi connectivity index (χ4n) is 2.67. The SMILES string of the molecule is CCCn1nccc1CN(CC)CC1CCCN1. The number of hydrogen-bond acceptors (Lipinski definition) is 3. The van der Waals surface area contributed by atoms with Gasteiger partial charge >= 0.3 is 0 Å². The molecule has 0 saturated carbocycles. The fourth-order valence-corrected chi connectivity index (χ4v) is 2.67. The van der Waals surface area contributed by atoms with E-state index in [-0.39, 0.29) is 0 Å². The van der Waals surface area contributed by atoms with Crippen LogP contribution < -0.4 is 5.32 Å². The third-order valence-corrected chi connectivity index (χ3v) is 3.71. The minimum Gasteiger partial charge on any atom is -0.313 e. The van der Waals surface area contributed by atoms with Gasteiger partial charge in [-0.05, 0) is 38.4 Å². The smallest absolute Gasteiger partial charge is 0.0524 e. The summed E-state index contributed by atoms with van der Waals surface area (Å²) < 4.78 is 2.14. The van der Waals surface area contributed by atoms with E-state index in [4.69, 9.17) is 0 Å². The standard InChI is InChI=1S/C14H26N4/c1-3-10-18-14(7-9-16-18)12-17(4-2)11-13-6-5-8-15-13/h7,9,13,15H,3-6,8,10-12H2,1-2H3. The van der Waals surface area contributed by atoms with Crippen molar-refractivity contribution in [1.29, 1.82) is 0 Å². The number of aromatic nitrogens is 2. The van der Waals surface area contributed by atoms with Gasteiger partial charge in [0.15, 0.2) is 0 Å². The number of hydrogen-bond donors (Lipinski definition) is 1. The second-order valence-corrected chi connectivity index (χ2v) is 5.17. The van der Waals surface area contributed by atoms with Crippen LogP contribution in [0.15, 0.2) is 12.3 Å². The van der Waals surface area contributed by atoms with E-state index < -0.39 is 0 Å². The summed E-state index contributed by atoms with van der Waals surface area (Å²) in [4.78, 5) is 2.52. The molecule has 1 aliphatic rings. The molecule has 0 amide bonds. The molecule has 1 unspecified atom stereocenters. The third kappa shape index (κ3) is 3.56. The molecule has 1 fully saturated rings. The van der Waals surface area contributed by atoms with Crippen molar-refractivity contribution in [3.8, 4) is 0 Å². The Balaban J connectivity index is 1.89. The largest absolute Gasteiger partial charge is 0.313 e. The van der Waals surface area contributed by atoms with E-state index in [1.165, 1.54) is 25.1 Å². The molecule has 2 rings (SSSR count). The maximum absolute atomic E-state index is 4.40. The van der Waals surface area contributed by atoms with E-state index in [0.717, 1.165) is 32.6 Å². The average molecular weight is 250 g/mol. The van der Waals surface area contributed by atoms with Crippen molar-refractivity contribution in [3.63, 3.8) is 0 Å². The van der Waals surface area contributed by atoms with Gasteiger partial charge in [0.25, 0.3) is 0 Å². The molecule has 1 atom stereocenters. The highest BCUT2D eigenvalue weighted by molar-refractivity contribution is 5.00. The summed E-state index contributed by atoms with van der Waals surface area (Å²) >= 11 is 0. The second kappa shape index (κ2) is 6.90. The van der Waals surface area contributed by atoms with Crippen LogP contribution in [0, 0.1) is 0 Å². The Bertz CT molecular complexity index is 341. The Morgan fingerprint density at radius 1 is 1.50 bits per heavy atom. The molecule has 0 aliphatic carbocycles. The Morgan fingerprint density at radius 3 is 3.06 bits per heavy atom. The molecule has 102 valence electrons. The highest BCUT2D eigenvalue weighted by Crippen LogP contribution is 2.10. The van der Waals surface area contributed by atoms with Gasteiger partial charge in [0.1, 0.15) is 0 Å². The van der Waals surface area contributed by atoms with Gasteiger partial charge in [0.05, 0.1) is 5.69 Å². The summed E-state index contributed by atoms with van der Waals surface area (Å²) in [7, 11) is 0. The highest BCUT2D eigenvalue weighted by Gasteiger charge is 2.17. The predicted molar refractivity (Wildman–Crippen MR) is 74.5 cm³/mol. The predicted octanol–water partition coefficient (Wildman–Crippen LogP) is 1.87. The van der Waals surface area contributed by atoms with E-state index >= 15 is 0 Å². The molecule has 1 saturated heterocycles. The molecular weight excluding hydrogens is 224 g/mol. The summed E-state index contributed by atoms with van der Waals surface area (Å²) in [5.41, 5.74) is 1.34. The van der Waals surface area contributed by atoms with Gasteiger partial charge in [-0.2, -0.15) is 5.10 Å². The second-order valence-electron chi connectivity index (χ2n) is 5.17. The molecule has 18 heavy (non-hydrogen) atoms. The van der Waals surface area contributed by atoms with Crippen molar-refractivity contribution in [2.75, 3.05) is 19.6 Å². The van der Waals surface area contributed by atoms with Gasteiger partial charge in [0, 0.05) is 31.9 Å². The zero-order chi connectivity index (χ0) is 12.8. The first-order valence-electron chi connectivity index (χ1n) is 7.30. The summed E-state index contributed by atoms with van der Waals surface area (Å²) in [6.07, 6.45) is 5.72. The first-order valence-corrected chi connectivity index (χ1v) is 7.30. The fraction of sp³-hybridized carbons (Fsp3) is 0.786. The lowest BCUT2D eigenvalue weighted by Gasteiger charge is -2.24. The molecule has 0 aromatic carbocycles. The summed E-state index contributed by atoms with van der Waals surface area (Å²) in [5, 5.41) is 7.98. The number of likely N-dealkylation sites (N-methyl/N-ethyl adjacent to an activating group) is 1. The van der Waals surface area contributed by atoms with Crippen molar-refractivity contribution in [2.24, 2.45) is 0 Å². The number of aryl methyl sites for hydroxylation is 1. The average Bonchev–Trinajstić information content (AvgIpc) is 3.01. The molecule has 2 heterocycles. The lowest BCUT2D eigenvalue weighted by atomic mass is 10.2. The minimum absolute atomic E-state index is 0.687. The number of nitrogens with zero attached hydrogens (tertiary/aromatic N) is 3. The highest BCUT2D eigenvalue weighted by atomic mass is 15.3. The first kappa shape index (κ1) is 13.6. The normalized spacial score (nSPS) is 19.8. The van der Waals surface area contributed by atoms with Crippen LogP contribution in [-0.4, -0.2) is 40.4 Å². The van der Waals surface area contributed by atoms with Crippen molar-refractivity contribution in [2.45, 2.75) is 52.2 Å². The Morgan fingerprint density at radius 2 is 2.39 bits per heavy atom. The van der Waals surface area contributed by atoms with Gasteiger partial charge < -0.3 is 5.32 Å². The van der Waals surface area contributed by atoms with Crippen molar-refractivity contribution >= 4 is 0 Å². The van der Waals surface area contributed by atoms with Crippen LogP contribution in [0.5, 0.6) is 0 Å². The van der Waals surface area contributed by atoms with Gasteiger partial charge in [-0.25, -0.2) is 0 Å². The van der Waals surface area contributed by atoms with Gasteiger partial charge in [-0.15, -0.1) is 0 Å². The first-order chi connectivity index (χ1) is 8.83. The van der Waals surface area contributed by atoms with Crippen molar-refractivity contribution in [3.05, 3.63) is 18.0 Å². The molecule has 1 aromatic heterocycles. The molecule has 0 radical (unpaired) electrons. The van der Waals surface area contributed by atoms with Crippen LogP contribution in [0.25, 0.3) is 0 Å². The maximum Gasteiger partial charge on any atom is 0.0524 e. The van der Waals surface area contributed by atoms with Crippen molar-refractivity contribution < 1.29 is 0 Å². The van der Waals surface area contributed by atoms with Crippen LogP contribution in [-0.2, 0) is 13.1 Å². The summed E-state index contributed by atoms with van der Waals surface area (Å²) in [6, 6.07) is 2.84. The summed E-state index contributed by atoms with van der Waals surface area (Å²) in [5.74, 6) is 0. The minimum atomic E-state index is 0.687. The van der Waals surface area contributed by atoms with Crippen LogP contribution >= 0.6 is 0 Å². The topological polar surface area (TPSA) is 33.1 Å². The van der Waals surface area contributed by atoms with Gasteiger partial charge in [-0.3, -0.25) is 9.58 Å². The van der Waals surface area contributed by atoms with E-state index in [0.29, 0.717) is 6.04 Å². The molecule has 0 spiro atoms. The van der Waals surface area contributed by atoms with Crippen LogP contribution in [0.2, 0.25) is 0 Å². The molecule has 4 nitrogen and oxygen atoms in total. The third-order valence-electron chi connectivity index (χ3n) is 3.71. The molecule has 1 aromatic rings. The molecule has 4 heteroatoms. The molecule has 0 bridgehead atoms. The van der Waals surface area contributed by atoms with Crippen LogP contribution in [0.1, 0.15) is 38.8 Å². The Hall–Kier alpha value is -0.870. The van der Waals surface area contributed by atoms with Gasteiger partial charge in [0.2, 0.25) is 0 Å². The summed E-state index contributed by atoms with van der Waals surface area (Å²) in [6.45, 7) is 9.95. The van der Waals surface area contributed by atoms with Crippen LogP contribution in [0.3, 0.4) is 0 Å². The monoisotopic (exact) mass is 250 g/mol. The van der Waals surface area contributed by atoms with E-state index in [9.17, 15) is 0 Å². The molecular formula is C14H26N4. The lowest BCUT2D eigenvalue weighted by Crippen LogP contribution is -2.37. The Kier molecular flexibility index (Phi) is 5.20. The number of nitrogens with one attached hydrogen (secondary N) is 1. The maximum atomic E-state index is 4.40. The quantitative estimate of drug-likeness (QED) is 0.802. The van der Waals surface area contributed by atoms with E-state index in [2.05, 4.69) is 39.9 Å². The van der Waals surface area contributed by atoms with E-state index in [1.54, 1.807) is 0 Å². The number of rotatable bonds is 7. The zero-order valence-electron chi connectivity index (χ0n) is 11.7. The van der Waals surface area contributed by atoms with Gasteiger partial charge in [-0.1, -0.05) is 13.8 Å². The molecule has 1 N–H and O–H groups in total. The van der Waals surface area contributed by atoms with Crippen LogP contribution in [0.4, 0.5) is 0 Å². The zero-order valence-corrected chi connectivity index (χ0v) is 11.7. The van der Waals surface area contributed by atoms with Crippen molar-refractivity contribution in [1.82, 2.24) is 20.0 Å². The Labute approximate surface area is 110 Å². The lowest BCUT2D eigenvalue weighted by molar-refractivity contribution is 0.246. The molecule has 1 aliphatic heterocycles.